The summed E-state index contributed by atoms with van der Waals surface area (Å²) in [4.78, 5) is 37.3. The first-order valence-corrected chi connectivity index (χ1v) is 10.8. The van der Waals surface area contributed by atoms with Gasteiger partial charge >= 0.3 is 11.7 Å². The number of imidazole rings is 1. The van der Waals surface area contributed by atoms with Gasteiger partial charge in [-0.25, -0.2) is 4.79 Å². The molecule has 1 aromatic carbocycles. The van der Waals surface area contributed by atoms with E-state index in [0.29, 0.717) is 58.1 Å². The fourth-order valence-electron chi connectivity index (χ4n) is 3.25. The van der Waals surface area contributed by atoms with E-state index in [-0.39, 0.29) is 22.5 Å². The predicted molar refractivity (Wildman–Crippen MR) is 122 cm³/mol. The molecule has 0 atom stereocenters. The van der Waals surface area contributed by atoms with Crippen LogP contribution in [0.3, 0.4) is 0 Å². The van der Waals surface area contributed by atoms with Crippen molar-refractivity contribution in [3.05, 3.63) is 50.3 Å². The number of H-pyrrole nitrogens is 2. The average Bonchev–Trinajstić information content (AvgIpc) is 3.25. The van der Waals surface area contributed by atoms with Gasteiger partial charge in [0, 0.05) is 10.6 Å². The van der Waals surface area contributed by atoms with Crippen LogP contribution in [0.5, 0.6) is 11.9 Å². The minimum atomic E-state index is -0.643. The number of halogens is 1. The monoisotopic (exact) mass is 474 g/mol. The summed E-state index contributed by atoms with van der Waals surface area (Å²) in [5, 5.41) is 10.6. The first kappa shape index (κ1) is 21.7. The first-order valence-electron chi connectivity index (χ1n) is 9.62. The molecule has 166 valence electrons. The number of aryl methyl sites for hydroxylation is 1. The lowest BCUT2D eigenvalue weighted by molar-refractivity contribution is 0.100. The highest BCUT2D eigenvalue weighted by atomic mass is 35.5. The Hall–Kier alpha value is -3.57. The van der Waals surface area contributed by atoms with Crippen molar-refractivity contribution < 1.29 is 14.6 Å². The van der Waals surface area contributed by atoms with Gasteiger partial charge in [-0.3, -0.25) is 9.78 Å². The highest BCUT2D eigenvalue weighted by Gasteiger charge is 2.21. The Kier molecular flexibility index (Phi) is 6.01. The highest BCUT2D eigenvalue weighted by Crippen LogP contribution is 2.39. The lowest BCUT2D eigenvalue weighted by atomic mass is 10.1. The molecule has 0 bridgehead atoms. The van der Waals surface area contributed by atoms with Gasteiger partial charge in [-0.15, -0.1) is 11.3 Å². The van der Waals surface area contributed by atoms with Crippen molar-refractivity contribution in [2.75, 3.05) is 12.3 Å². The van der Waals surface area contributed by atoms with Crippen LogP contribution in [0.15, 0.2) is 29.1 Å². The van der Waals surface area contributed by atoms with Crippen molar-refractivity contribution in [1.29, 1.82) is 0 Å². The minimum absolute atomic E-state index is 0.127. The number of carbonyl (C=O) groups excluding carboxylic acids is 1. The molecule has 0 aliphatic rings. The van der Waals surface area contributed by atoms with E-state index < -0.39 is 11.6 Å². The highest BCUT2D eigenvalue weighted by molar-refractivity contribution is 7.21. The lowest BCUT2D eigenvalue weighted by Gasteiger charge is -2.09. The van der Waals surface area contributed by atoms with E-state index in [1.54, 1.807) is 18.2 Å². The van der Waals surface area contributed by atoms with Crippen LogP contribution in [0.2, 0.25) is 5.02 Å². The normalized spacial score (nSPS) is 11.2. The van der Waals surface area contributed by atoms with Gasteiger partial charge in [-0.05, 0) is 31.4 Å². The van der Waals surface area contributed by atoms with Crippen LogP contribution in [-0.4, -0.2) is 37.6 Å². The fourth-order valence-corrected chi connectivity index (χ4v) is 4.38. The summed E-state index contributed by atoms with van der Waals surface area (Å²) in [6.45, 7) is 0.305. The van der Waals surface area contributed by atoms with Crippen molar-refractivity contribution in [2.24, 2.45) is 5.73 Å². The first-order chi connectivity index (χ1) is 15.3. The van der Waals surface area contributed by atoms with Gasteiger partial charge < -0.3 is 26.3 Å². The standard InChI is InChI=1S/C20H19ClN6O4S/c21-10-5-3-4-9(8-10)14-12-13(22)15(16(23)28)32-18(12)27-20(25-14)31-7-2-1-6-11-17(29)26-19(30)24-11/h3-5,8,29H,1-2,6-7,22H2,(H2,23,28)(H2,24,26,30). The zero-order valence-corrected chi connectivity index (χ0v) is 18.2. The average molecular weight is 475 g/mol. The molecule has 0 unspecified atom stereocenters. The van der Waals surface area contributed by atoms with E-state index in [4.69, 9.17) is 27.8 Å². The zero-order chi connectivity index (χ0) is 22.8. The van der Waals surface area contributed by atoms with Gasteiger partial charge in [0.1, 0.15) is 9.71 Å². The lowest BCUT2D eigenvalue weighted by Crippen LogP contribution is -2.10. The van der Waals surface area contributed by atoms with Crippen molar-refractivity contribution in [1.82, 2.24) is 19.9 Å². The molecule has 7 N–H and O–H groups in total. The molecule has 3 aromatic heterocycles. The molecule has 0 saturated heterocycles. The summed E-state index contributed by atoms with van der Waals surface area (Å²) in [7, 11) is 0. The van der Waals surface area contributed by atoms with Gasteiger partial charge in [0.2, 0.25) is 5.88 Å². The van der Waals surface area contributed by atoms with Crippen molar-refractivity contribution >= 4 is 44.7 Å². The summed E-state index contributed by atoms with van der Waals surface area (Å²) < 4.78 is 5.74. The third-order valence-corrected chi connectivity index (χ3v) is 6.07. The molecule has 0 aliphatic carbocycles. The van der Waals surface area contributed by atoms with Crippen LogP contribution in [0, 0.1) is 0 Å². The maximum absolute atomic E-state index is 11.8. The number of unbranched alkanes of at least 4 members (excludes halogenated alkanes) is 1. The van der Waals surface area contributed by atoms with Crippen molar-refractivity contribution in [3.8, 4) is 23.1 Å². The smallest absolute Gasteiger partial charge is 0.325 e. The molecule has 3 heterocycles. The molecule has 4 aromatic rings. The van der Waals surface area contributed by atoms with Crippen LogP contribution >= 0.6 is 22.9 Å². The number of nitrogens with one attached hydrogen (secondary N) is 2. The molecule has 32 heavy (non-hydrogen) atoms. The number of aromatic nitrogens is 4. The number of fused-ring (bicyclic) bond motifs is 1. The van der Waals surface area contributed by atoms with Crippen LogP contribution in [0.4, 0.5) is 5.69 Å². The van der Waals surface area contributed by atoms with E-state index in [1.807, 2.05) is 6.07 Å². The number of nitrogens with zero attached hydrogens (tertiary/aromatic N) is 2. The Balaban J connectivity index is 1.57. The van der Waals surface area contributed by atoms with Crippen LogP contribution < -0.4 is 21.9 Å². The fraction of sp³-hybridized carbons (Fsp3) is 0.200. The van der Waals surface area contributed by atoms with E-state index in [0.717, 1.165) is 11.3 Å². The summed E-state index contributed by atoms with van der Waals surface area (Å²) >= 11 is 7.22. The van der Waals surface area contributed by atoms with Crippen LogP contribution in [0.25, 0.3) is 21.5 Å². The molecule has 1 amide bonds. The number of nitrogen functional groups attached to an aromatic ring is 1. The van der Waals surface area contributed by atoms with Crippen LogP contribution in [-0.2, 0) is 6.42 Å². The van der Waals surface area contributed by atoms with Crippen molar-refractivity contribution in [3.63, 3.8) is 0 Å². The number of amides is 1. The quantitative estimate of drug-likeness (QED) is 0.244. The zero-order valence-electron chi connectivity index (χ0n) is 16.6. The second-order valence-electron chi connectivity index (χ2n) is 6.97. The van der Waals surface area contributed by atoms with Gasteiger partial charge in [-0.2, -0.15) is 9.97 Å². The number of hydrogen-bond donors (Lipinski definition) is 5. The predicted octanol–water partition coefficient (Wildman–Crippen LogP) is 2.82. The molecule has 0 saturated carbocycles. The minimum Gasteiger partial charge on any atom is -0.493 e. The summed E-state index contributed by atoms with van der Waals surface area (Å²) in [6.07, 6.45) is 1.76. The summed E-state index contributed by atoms with van der Waals surface area (Å²) in [5.74, 6) is -0.799. The Morgan fingerprint density at radius 3 is 2.75 bits per heavy atom. The number of aromatic hydroxyl groups is 1. The maximum Gasteiger partial charge on any atom is 0.325 e. The van der Waals surface area contributed by atoms with Gasteiger partial charge in [-0.1, -0.05) is 23.7 Å². The number of hydrogen-bond acceptors (Lipinski definition) is 8. The topological polar surface area (TPSA) is 173 Å². The largest absolute Gasteiger partial charge is 0.493 e. The summed E-state index contributed by atoms with van der Waals surface area (Å²) in [6, 6.07) is 7.20. The molecule has 4 rings (SSSR count). The number of carbonyl (C=O) groups is 1. The SMILES string of the molecule is NC(=O)c1sc2nc(OCCCCc3[nH]c(=O)[nH]c3O)nc(-c3cccc(Cl)c3)c2c1N. The Labute approximate surface area is 190 Å². The molecule has 0 spiro atoms. The van der Waals surface area contributed by atoms with Gasteiger partial charge in [0.05, 0.1) is 29.1 Å². The summed E-state index contributed by atoms with van der Waals surface area (Å²) in [5.41, 5.74) is 13.0. The number of rotatable bonds is 8. The number of anilines is 1. The van der Waals surface area contributed by atoms with Crippen molar-refractivity contribution in [2.45, 2.75) is 19.3 Å². The second kappa shape index (κ2) is 8.89. The molecule has 12 heteroatoms. The second-order valence-corrected chi connectivity index (χ2v) is 8.40. The van der Waals surface area contributed by atoms with E-state index in [2.05, 4.69) is 19.9 Å². The van der Waals surface area contributed by atoms with Gasteiger partial charge in [0.15, 0.2) is 0 Å². The number of benzene rings is 1. The van der Waals surface area contributed by atoms with E-state index >= 15 is 0 Å². The molecular weight excluding hydrogens is 456 g/mol. The number of primary amides is 1. The number of ether oxygens (including phenoxy) is 1. The molecule has 10 nitrogen and oxygen atoms in total. The molecule has 0 fully saturated rings. The Morgan fingerprint density at radius 1 is 1.25 bits per heavy atom. The maximum atomic E-state index is 11.8. The molecular formula is C20H19ClN6O4S. The Bertz CT molecular complexity index is 1360. The molecule has 0 aliphatic heterocycles. The number of nitrogens with two attached hydrogens (primary N) is 2. The third-order valence-electron chi connectivity index (χ3n) is 4.72. The molecule has 0 radical (unpaired) electrons. The number of aromatic amines is 2. The third kappa shape index (κ3) is 4.39. The van der Waals surface area contributed by atoms with E-state index in [9.17, 15) is 14.7 Å². The van der Waals surface area contributed by atoms with Crippen LogP contribution in [0.1, 0.15) is 28.2 Å². The van der Waals surface area contributed by atoms with E-state index in [1.165, 1.54) is 0 Å². The Morgan fingerprint density at radius 2 is 2.06 bits per heavy atom. The van der Waals surface area contributed by atoms with Gasteiger partial charge in [0.25, 0.3) is 5.91 Å². The number of thiophene rings is 1.